The van der Waals surface area contributed by atoms with E-state index >= 15 is 0 Å². The van der Waals surface area contributed by atoms with E-state index in [9.17, 15) is 19.7 Å². The van der Waals surface area contributed by atoms with Crippen LogP contribution in [0.4, 0.5) is 11.4 Å². The summed E-state index contributed by atoms with van der Waals surface area (Å²) >= 11 is 0. The lowest BCUT2D eigenvalue weighted by Crippen LogP contribution is -2.39. The largest absolute Gasteiger partial charge is 0.480 e. The van der Waals surface area contributed by atoms with Gasteiger partial charge in [-0.3, -0.25) is 25.0 Å². The summed E-state index contributed by atoms with van der Waals surface area (Å²) in [5.41, 5.74) is -0.149. The fourth-order valence-electron chi connectivity index (χ4n) is 1.27. The first-order valence-corrected chi connectivity index (χ1v) is 5.41. The summed E-state index contributed by atoms with van der Waals surface area (Å²) < 4.78 is 0. The molecule has 8 heteroatoms. The Balaban J connectivity index is 2.63. The van der Waals surface area contributed by atoms with E-state index < -0.39 is 22.8 Å². The summed E-state index contributed by atoms with van der Waals surface area (Å²) in [4.78, 5) is 32.2. The van der Waals surface area contributed by atoms with Crippen LogP contribution >= 0.6 is 0 Å². The molecule has 0 aliphatic rings. The van der Waals surface area contributed by atoms with E-state index in [4.69, 9.17) is 5.11 Å². The molecular weight excluding hydrogens is 254 g/mol. The van der Waals surface area contributed by atoms with Crippen molar-refractivity contribution in [2.24, 2.45) is 0 Å². The van der Waals surface area contributed by atoms with E-state index in [1.165, 1.54) is 25.1 Å². The first kappa shape index (κ1) is 14.6. The molecule has 0 aliphatic heterocycles. The second kappa shape index (κ2) is 6.45. The highest BCUT2D eigenvalue weighted by atomic mass is 16.6. The zero-order chi connectivity index (χ0) is 14.4. The molecule has 1 amide bonds. The Morgan fingerprint density at radius 1 is 1.42 bits per heavy atom. The van der Waals surface area contributed by atoms with E-state index in [2.05, 4.69) is 10.6 Å². The van der Waals surface area contributed by atoms with Gasteiger partial charge in [0, 0.05) is 6.07 Å². The van der Waals surface area contributed by atoms with Crippen molar-refractivity contribution >= 4 is 23.3 Å². The maximum Gasteiger partial charge on any atom is 0.320 e. The minimum atomic E-state index is -1.08. The van der Waals surface area contributed by atoms with Crippen LogP contribution in [0.25, 0.3) is 0 Å². The molecule has 0 bridgehead atoms. The van der Waals surface area contributed by atoms with Gasteiger partial charge in [0.15, 0.2) is 0 Å². The Morgan fingerprint density at radius 3 is 2.63 bits per heavy atom. The lowest BCUT2D eigenvalue weighted by Gasteiger charge is -2.09. The fraction of sp³-hybridized carbons (Fsp3) is 0.273. The molecule has 0 aliphatic carbocycles. The lowest BCUT2D eigenvalue weighted by atomic mass is 10.2. The van der Waals surface area contributed by atoms with Crippen LogP contribution in [0.15, 0.2) is 24.3 Å². The van der Waals surface area contributed by atoms with Gasteiger partial charge in [0.1, 0.15) is 11.7 Å². The predicted octanol–water partition coefficient (Wildman–Crippen LogP) is 0.596. The van der Waals surface area contributed by atoms with E-state index in [0.29, 0.717) is 0 Å². The zero-order valence-electron chi connectivity index (χ0n) is 10.1. The molecule has 0 saturated heterocycles. The number of carboxylic acids is 1. The number of nitrogens with one attached hydrogen (secondary N) is 2. The number of rotatable bonds is 6. The first-order chi connectivity index (χ1) is 8.91. The maximum absolute atomic E-state index is 11.5. The van der Waals surface area contributed by atoms with Gasteiger partial charge in [-0.25, -0.2) is 0 Å². The lowest BCUT2D eigenvalue weighted by molar-refractivity contribution is -0.383. The molecule has 1 aromatic rings. The van der Waals surface area contributed by atoms with Gasteiger partial charge >= 0.3 is 5.97 Å². The number of amides is 1. The number of nitro benzene ring substituents is 1. The number of benzene rings is 1. The average molecular weight is 267 g/mol. The molecule has 0 spiro atoms. The third-order valence-corrected chi connectivity index (χ3v) is 2.31. The van der Waals surface area contributed by atoms with Crippen molar-refractivity contribution in [2.45, 2.75) is 13.0 Å². The molecule has 0 radical (unpaired) electrons. The molecule has 3 N–H and O–H groups in total. The SMILES string of the molecule is C[C@@H](NCC(=O)Nc1ccccc1[N+](=O)[O-])C(=O)O. The van der Waals surface area contributed by atoms with Gasteiger partial charge in [0.2, 0.25) is 5.91 Å². The van der Waals surface area contributed by atoms with Gasteiger partial charge in [0.25, 0.3) is 5.69 Å². The number of nitro groups is 1. The van der Waals surface area contributed by atoms with Gasteiger partial charge in [-0.2, -0.15) is 0 Å². The number of carboxylic acid groups (broad SMARTS) is 1. The summed E-state index contributed by atoms with van der Waals surface area (Å²) in [7, 11) is 0. The molecule has 0 saturated carbocycles. The normalized spacial score (nSPS) is 11.6. The highest BCUT2D eigenvalue weighted by Gasteiger charge is 2.16. The third-order valence-electron chi connectivity index (χ3n) is 2.31. The van der Waals surface area contributed by atoms with Gasteiger partial charge in [0.05, 0.1) is 11.5 Å². The number of nitrogens with zero attached hydrogens (tertiary/aromatic N) is 1. The Hall–Kier alpha value is -2.48. The van der Waals surface area contributed by atoms with E-state index in [1.807, 2.05) is 0 Å². The summed E-state index contributed by atoms with van der Waals surface area (Å²) in [5.74, 6) is -1.64. The monoisotopic (exact) mass is 267 g/mol. The zero-order valence-corrected chi connectivity index (χ0v) is 10.1. The van der Waals surface area contributed by atoms with Crippen molar-refractivity contribution < 1.29 is 19.6 Å². The Labute approximate surface area is 108 Å². The van der Waals surface area contributed by atoms with E-state index in [1.54, 1.807) is 6.07 Å². The first-order valence-electron chi connectivity index (χ1n) is 5.41. The van der Waals surface area contributed by atoms with Crippen molar-refractivity contribution in [3.05, 3.63) is 34.4 Å². The number of hydrogen-bond donors (Lipinski definition) is 3. The number of aliphatic carboxylic acids is 1. The van der Waals surface area contributed by atoms with Crippen LogP contribution in [0.1, 0.15) is 6.92 Å². The molecule has 0 heterocycles. The van der Waals surface area contributed by atoms with Crippen LogP contribution in [-0.2, 0) is 9.59 Å². The van der Waals surface area contributed by atoms with E-state index in [0.717, 1.165) is 0 Å². The highest BCUT2D eigenvalue weighted by Crippen LogP contribution is 2.22. The summed E-state index contributed by atoms with van der Waals surface area (Å²) in [6, 6.07) is 4.82. The topological polar surface area (TPSA) is 122 Å². The van der Waals surface area contributed by atoms with Gasteiger partial charge in [-0.1, -0.05) is 12.1 Å². The Kier molecular flexibility index (Phi) is 4.95. The number of carbonyl (C=O) groups is 2. The van der Waals surface area contributed by atoms with Crippen LogP contribution in [0, 0.1) is 10.1 Å². The number of carbonyl (C=O) groups excluding carboxylic acids is 1. The molecule has 1 aromatic carbocycles. The maximum atomic E-state index is 11.5. The number of hydrogen-bond acceptors (Lipinski definition) is 5. The molecule has 19 heavy (non-hydrogen) atoms. The number of anilines is 1. The number of para-hydroxylation sites is 2. The minimum absolute atomic E-state index is 0.0716. The molecule has 8 nitrogen and oxygen atoms in total. The third kappa shape index (κ3) is 4.36. The van der Waals surface area contributed by atoms with Crippen molar-refractivity contribution in [3.8, 4) is 0 Å². The fourth-order valence-corrected chi connectivity index (χ4v) is 1.27. The molecule has 0 unspecified atom stereocenters. The second-order valence-corrected chi connectivity index (χ2v) is 3.76. The molecular formula is C11H13N3O5. The van der Waals surface area contributed by atoms with Crippen molar-refractivity contribution in [3.63, 3.8) is 0 Å². The summed E-state index contributed by atoms with van der Waals surface area (Å²) in [6.45, 7) is 1.14. The summed E-state index contributed by atoms with van der Waals surface area (Å²) in [5, 5.41) is 24.2. The molecule has 102 valence electrons. The second-order valence-electron chi connectivity index (χ2n) is 3.76. The molecule has 1 rings (SSSR count). The molecule has 1 atom stereocenters. The summed E-state index contributed by atoms with van der Waals surface area (Å²) in [6.07, 6.45) is 0. The van der Waals surface area contributed by atoms with Crippen LogP contribution < -0.4 is 10.6 Å². The molecule has 0 aromatic heterocycles. The quantitative estimate of drug-likeness (QED) is 0.512. The Bertz CT molecular complexity index is 503. The smallest absolute Gasteiger partial charge is 0.320 e. The highest BCUT2D eigenvalue weighted by molar-refractivity contribution is 5.94. The van der Waals surface area contributed by atoms with Crippen molar-refractivity contribution in [2.75, 3.05) is 11.9 Å². The minimum Gasteiger partial charge on any atom is -0.480 e. The van der Waals surface area contributed by atoms with Crippen LogP contribution in [-0.4, -0.2) is 34.5 Å². The van der Waals surface area contributed by atoms with Gasteiger partial charge in [-0.15, -0.1) is 0 Å². The van der Waals surface area contributed by atoms with Gasteiger partial charge in [-0.05, 0) is 13.0 Å². The van der Waals surface area contributed by atoms with Crippen LogP contribution in [0.3, 0.4) is 0 Å². The van der Waals surface area contributed by atoms with Gasteiger partial charge < -0.3 is 10.4 Å². The Morgan fingerprint density at radius 2 is 2.05 bits per heavy atom. The van der Waals surface area contributed by atoms with Crippen molar-refractivity contribution in [1.82, 2.24) is 5.32 Å². The predicted molar refractivity (Wildman–Crippen MR) is 66.8 cm³/mol. The molecule has 0 fully saturated rings. The van der Waals surface area contributed by atoms with E-state index in [-0.39, 0.29) is 17.9 Å². The van der Waals surface area contributed by atoms with Crippen molar-refractivity contribution in [1.29, 1.82) is 0 Å². The van der Waals surface area contributed by atoms with Crippen LogP contribution in [0.2, 0.25) is 0 Å². The average Bonchev–Trinajstić information content (AvgIpc) is 2.36. The van der Waals surface area contributed by atoms with Crippen LogP contribution in [0.5, 0.6) is 0 Å². The standard InChI is InChI=1S/C11H13N3O5/c1-7(11(16)17)12-6-10(15)13-8-4-2-3-5-9(8)14(18)19/h2-5,7,12H,6H2,1H3,(H,13,15)(H,16,17)/t7-/m1/s1.